The molecule has 0 aromatic heterocycles. The first-order chi connectivity index (χ1) is 11.0. The molecule has 1 N–H and O–H groups in total. The van der Waals surface area contributed by atoms with Gasteiger partial charge < -0.3 is 10.2 Å². The SMILES string of the molecule is C[C@@H](C(=O)N1CCCCC1)N1C(=O)N[C@@]2(CCCC[C@@H]2C)C1=O. The van der Waals surface area contributed by atoms with Gasteiger partial charge in [-0.1, -0.05) is 19.8 Å². The number of likely N-dealkylation sites (tertiary alicyclic amines) is 1. The molecule has 3 atom stereocenters. The van der Waals surface area contributed by atoms with Crippen LogP contribution in [0.5, 0.6) is 0 Å². The minimum atomic E-state index is -0.786. The summed E-state index contributed by atoms with van der Waals surface area (Å²) in [7, 11) is 0. The normalized spacial score (nSPS) is 33.0. The van der Waals surface area contributed by atoms with Crippen molar-refractivity contribution in [2.45, 2.75) is 70.4 Å². The molecule has 3 rings (SSSR count). The van der Waals surface area contributed by atoms with Crippen LogP contribution >= 0.6 is 0 Å². The Morgan fingerprint density at radius 2 is 1.87 bits per heavy atom. The molecule has 0 unspecified atom stereocenters. The van der Waals surface area contributed by atoms with Crippen molar-refractivity contribution in [3.05, 3.63) is 0 Å². The Kier molecular flexibility index (Phi) is 4.34. The number of nitrogens with one attached hydrogen (secondary N) is 1. The van der Waals surface area contributed by atoms with Gasteiger partial charge in [0, 0.05) is 13.1 Å². The largest absolute Gasteiger partial charge is 0.341 e. The van der Waals surface area contributed by atoms with Crippen molar-refractivity contribution in [1.29, 1.82) is 0 Å². The quantitative estimate of drug-likeness (QED) is 0.790. The van der Waals surface area contributed by atoms with Crippen LogP contribution in [0.3, 0.4) is 0 Å². The summed E-state index contributed by atoms with van der Waals surface area (Å²) in [4.78, 5) is 41.1. The number of rotatable bonds is 2. The van der Waals surface area contributed by atoms with Gasteiger partial charge in [0.15, 0.2) is 0 Å². The Morgan fingerprint density at radius 3 is 2.52 bits per heavy atom. The second kappa shape index (κ2) is 6.13. The summed E-state index contributed by atoms with van der Waals surface area (Å²) in [6.07, 6.45) is 6.79. The molecule has 1 saturated carbocycles. The van der Waals surface area contributed by atoms with Gasteiger partial charge in [-0.3, -0.25) is 9.59 Å². The Balaban J connectivity index is 1.78. The maximum atomic E-state index is 13.0. The highest BCUT2D eigenvalue weighted by Crippen LogP contribution is 2.38. The van der Waals surface area contributed by atoms with Gasteiger partial charge in [-0.05, 0) is 44.9 Å². The molecule has 6 heteroatoms. The number of amides is 4. The average Bonchev–Trinajstić information content (AvgIpc) is 2.81. The van der Waals surface area contributed by atoms with Crippen molar-refractivity contribution in [3.8, 4) is 0 Å². The lowest BCUT2D eigenvalue weighted by Gasteiger charge is -2.37. The number of hydrogen-bond donors (Lipinski definition) is 1. The molecular formula is C17H27N3O3. The summed E-state index contributed by atoms with van der Waals surface area (Å²) >= 11 is 0. The second-order valence-corrected chi connectivity index (χ2v) is 7.29. The maximum Gasteiger partial charge on any atom is 0.325 e. The van der Waals surface area contributed by atoms with Gasteiger partial charge in [-0.25, -0.2) is 9.69 Å². The van der Waals surface area contributed by atoms with Gasteiger partial charge in [-0.2, -0.15) is 0 Å². The number of carbonyl (C=O) groups excluding carboxylic acids is 3. The van der Waals surface area contributed by atoms with Gasteiger partial charge in [0.05, 0.1) is 0 Å². The molecule has 23 heavy (non-hydrogen) atoms. The van der Waals surface area contributed by atoms with Crippen LogP contribution in [0.1, 0.15) is 58.8 Å². The summed E-state index contributed by atoms with van der Waals surface area (Å²) in [6.45, 7) is 5.17. The average molecular weight is 321 g/mol. The van der Waals surface area contributed by atoms with Crippen molar-refractivity contribution in [3.63, 3.8) is 0 Å². The lowest BCUT2D eigenvalue weighted by atomic mass is 9.73. The van der Waals surface area contributed by atoms with Crippen LogP contribution < -0.4 is 5.32 Å². The van der Waals surface area contributed by atoms with Gasteiger partial charge in [0.1, 0.15) is 11.6 Å². The van der Waals surface area contributed by atoms with Crippen molar-refractivity contribution in [2.75, 3.05) is 13.1 Å². The lowest BCUT2D eigenvalue weighted by Crippen LogP contribution is -2.55. The molecule has 2 saturated heterocycles. The van der Waals surface area contributed by atoms with Gasteiger partial charge >= 0.3 is 6.03 Å². The topological polar surface area (TPSA) is 69.7 Å². The van der Waals surface area contributed by atoms with Crippen LogP contribution in [0.4, 0.5) is 4.79 Å². The van der Waals surface area contributed by atoms with Gasteiger partial charge in [-0.15, -0.1) is 0 Å². The van der Waals surface area contributed by atoms with Gasteiger partial charge in [0.2, 0.25) is 5.91 Å². The van der Waals surface area contributed by atoms with E-state index in [9.17, 15) is 14.4 Å². The maximum absolute atomic E-state index is 13.0. The molecule has 3 fully saturated rings. The van der Waals surface area contributed by atoms with Crippen molar-refractivity contribution in [2.24, 2.45) is 5.92 Å². The minimum Gasteiger partial charge on any atom is -0.341 e. The molecule has 0 bridgehead atoms. The van der Waals surface area contributed by atoms with E-state index >= 15 is 0 Å². The summed E-state index contributed by atoms with van der Waals surface area (Å²) < 4.78 is 0. The van der Waals surface area contributed by atoms with Crippen molar-refractivity contribution in [1.82, 2.24) is 15.1 Å². The Morgan fingerprint density at radius 1 is 1.17 bits per heavy atom. The molecule has 2 aliphatic heterocycles. The summed E-state index contributed by atoms with van der Waals surface area (Å²) in [5, 5.41) is 2.92. The van der Waals surface area contributed by atoms with E-state index in [0.717, 1.165) is 51.6 Å². The van der Waals surface area contributed by atoms with Crippen LogP contribution in [-0.2, 0) is 9.59 Å². The molecule has 0 aromatic carbocycles. The molecule has 1 spiro atoms. The van der Waals surface area contributed by atoms with Crippen LogP contribution in [0.25, 0.3) is 0 Å². The number of nitrogens with zero attached hydrogens (tertiary/aromatic N) is 2. The van der Waals surface area contributed by atoms with E-state index in [0.29, 0.717) is 6.42 Å². The van der Waals surface area contributed by atoms with E-state index in [-0.39, 0.29) is 17.7 Å². The zero-order chi connectivity index (χ0) is 16.6. The van der Waals surface area contributed by atoms with E-state index in [1.54, 1.807) is 11.8 Å². The first kappa shape index (κ1) is 16.3. The highest BCUT2D eigenvalue weighted by Gasteiger charge is 2.56. The third-order valence-corrected chi connectivity index (χ3v) is 5.86. The van der Waals surface area contributed by atoms with Crippen LogP contribution in [-0.4, -0.2) is 52.3 Å². The molecule has 6 nitrogen and oxygen atoms in total. The number of carbonyl (C=O) groups is 3. The third-order valence-electron chi connectivity index (χ3n) is 5.86. The number of imide groups is 1. The Bertz CT molecular complexity index is 515. The molecule has 128 valence electrons. The first-order valence-electron chi connectivity index (χ1n) is 8.92. The molecule has 0 aromatic rings. The Labute approximate surface area is 137 Å². The number of piperidine rings is 1. The second-order valence-electron chi connectivity index (χ2n) is 7.29. The third kappa shape index (κ3) is 2.62. The summed E-state index contributed by atoms with van der Waals surface area (Å²) in [6, 6.07) is -1.12. The van der Waals surface area contributed by atoms with E-state index < -0.39 is 17.6 Å². The van der Waals surface area contributed by atoms with E-state index in [2.05, 4.69) is 5.32 Å². The van der Waals surface area contributed by atoms with Crippen LogP contribution in [0, 0.1) is 5.92 Å². The molecule has 0 radical (unpaired) electrons. The predicted molar refractivity (Wildman–Crippen MR) is 85.6 cm³/mol. The van der Waals surface area contributed by atoms with Crippen molar-refractivity contribution < 1.29 is 14.4 Å². The highest BCUT2D eigenvalue weighted by molar-refractivity contribution is 6.10. The molecular weight excluding hydrogens is 294 g/mol. The summed E-state index contributed by atoms with van der Waals surface area (Å²) in [5.41, 5.74) is -0.786. The van der Waals surface area contributed by atoms with E-state index in [4.69, 9.17) is 0 Å². The molecule has 3 aliphatic rings. The summed E-state index contributed by atoms with van der Waals surface area (Å²) in [5.74, 6) is -0.184. The monoisotopic (exact) mass is 321 g/mol. The standard InChI is InChI=1S/C17H27N3O3/c1-12-8-4-5-9-17(12)15(22)20(16(23)18-17)13(2)14(21)19-10-6-3-7-11-19/h12-13H,3-11H2,1-2H3,(H,18,23)/t12-,13-,17+/m0/s1. The van der Waals surface area contributed by atoms with Gasteiger partial charge in [0.25, 0.3) is 5.91 Å². The zero-order valence-electron chi connectivity index (χ0n) is 14.1. The molecule has 4 amide bonds. The van der Waals surface area contributed by atoms with E-state index in [1.165, 1.54) is 4.90 Å². The first-order valence-corrected chi connectivity index (χ1v) is 8.92. The molecule has 1 aliphatic carbocycles. The fourth-order valence-electron chi connectivity index (χ4n) is 4.30. The Hall–Kier alpha value is -1.59. The fraction of sp³-hybridized carbons (Fsp3) is 0.824. The highest BCUT2D eigenvalue weighted by atomic mass is 16.2. The fourth-order valence-corrected chi connectivity index (χ4v) is 4.30. The molecule has 2 heterocycles. The number of urea groups is 1. The van der Waals surface area contributed by atoms with Crippen molar-refractivity contribution >= 4 is 17.8 Å². The minimum absolute atomic E-state index is 0.103. The zero-order valence-corrected chi connectivity index (χ0v) is 14.1. The lowest BCUT2D eigenvalue weighted by molar-refractivity contribution is -0.144. The van der Waals surface area contributed by atoms with E-state index in [1.807, 2.05) is 6.92 Å². The van der Waals surface area contributed by atoms with Crippen LogP contribution in [0.15, 0.2) is 0 Å². The van der Waals surface area contributed by atoms with Crippen LogP contribution in [0.2, 0.25) is 0 Å². The predicted octanol–water partition coefficient (Wildman–Crippen LogP) is 1.89. The number of hydrogen-bond acceptors (Lipinski definition) is 3. The smallest absolute Gasteiger partial charge is 0.325 e.